The van der Waals surface area contributed by atoms with Crippen molar-refractivity contribution < 1.29 is 4.43 Å². The molecule has 1 nitrogen and oxygen atoms in total. The minimum atomic E-state index is 0.516. The topological polar surface area (TPSA) is 9.23 Å². The molecule has 0 saturated heterocycles. The van der Waals surface area contributed by atoms with Crippen molar-refractivity contribution in [3.05, 3.63) is 0 Å². The van der Waals surface area contributed by atoms with Gasteiger partial charge in [0.1, 0.15) is 10.5 Å². The Bertz CT molecular complexity index is 120. The van der Waals surface area contributed by atoms with E-state index in [4.69, 9.17) is 4.43 Å². The molecule has 0 fully saturated rings. The zero-order valence-corrected chi connectivity index (χ0v) is 13.3. The van der Waals surface area contributed by atoms with E-state index < -0.39 is 0 Å². The largest absolute Gasteiger partial charge is 0.427 e. The standard InChI is InChI=1S/C13H30OSi/c1-4-7-10-13(9-6-3,12-14-15)11-8-5-2/h4-12H2,1-3,15H3. The van der Waals surface area contributed by atoms with E-state index >= 15 is 0 Å². The third kappa shape index (κ3) is 6.36. The molecule has 0 amide bonds. The van der Waals surface area contributed by atoms with Gasteiger partial charge in [0.2, 0.25) is 0 Å². The van der Waals surface area contributed by atoms with Gasteiger partial charge in [-0.25, -0.2) is 0 Å². The van der Waals surface area contributed by atoms with E-state index in [0.717, 1.165) is 17.1 Å². The van der Waals surface area contributed by atoms with Crippen molar-refractivity contribution in [2.24, 2.45) is 5.41 Å². The Balaban J connectivity index is 4.26. The van der Waals surface area contributed by atoms with Crippen LogP contribution in [0.15, 0.2) is 0 Å². The number of hydrogen-bond donors (Lipinski definition) is 0. The van der Waals surface area contributed by atoms with Crippen molar-refractivity contribution in [3.63, 3.8) is 0 Å². The minimum Gasteiger partial charge on any atom is -0.427 e. The summed E-state index contributed by atoms with van der Waals surface area (Å²) in [6.45, 7) is 7.91. The van der Waals surface area contributed by atoms with E-state index in [9.17, 15) is 0 Å². The van der Waals surface area contributed by atoms with Crippen LogP contribution in [0.3, 0.4) is 0 Å². The van der Waals surface area contributed by atoms with Crippen LogP contribution in [0.1, 0.15) is 72.1 Å². The van der Waals surface area contributed by atoms with Crippen LogP contribution in [0.4, 0.5) is 0 Å². The van der Waals surface area contributed by atoms with E-state index in [1.807, 2.05) is 0 Å². The predicted molar refractivity (Wildman–Crippen MR) is 72.3 cm³/mol. The molecule has 0 saturated carbocycles. The first-order valence-corrected chi connectivity index (χ1v) is 7.55. The van der Waals surface area contributed by atoms with Crippen LogP contribution in [0, 0.1) is 5.41 Å². The Morgan fingerprint density at radius 2 is 1.40 bits per heavy atom. The molecule has 0 bridgehead atoms. The molecule has 0 spiro atoms. The first-order chi connectivity index (χ1) is 7.24. The smallest absolute Gasteiger partial charge is 0.145 e. The lowest BCUT2D eigenvalue weighted by Gasteiger charge is -2.33. The summed E-state index contributed by atoms with van der Waals surface area (Å²) in [5.41, 5.74) is 0.516. The molecule has 0 rings (SSSR count). The van der Waals surface area contributed by atoms with Crippen LogP contribution in [0.2, 0.25) is 0 Å². The molecule has 0 aliphatic heterocycles. The molecule has 0 atom stereocenters. The zero-order chi connectivity index (χ0) is 11.6. The second kappa shape index (κ2) is 9.41. The Labute approximate surface area is 99.5 Å². The maximum absolute atomic E-state index is 5.59. The molecule has 0 aromatic heterocycles. The highest BCUT2D eigenvalue weighted by Crippen LogP contribution is 2.36. The molecule has 0 N–H and O–H groups in total. The van der Waals surface area contributed by atoms with Crippen LogP contribution in [-0.2, 0) is 4.43 Å². The van der Waals surface area contributed by atoms with Gasteiger partial charge in [0.15, 0.2) is 0 Å². The molecule has 0 aromatic rings. The third-order valence-electron chi connectivity index (χ3n) is 3.35. The van der Waals surface area contributed by atoms with Gasteiger partial charge in [0, 0.05) is 6.61 Å². The summed E-state index contributed by atoms with van der Waals surface area (Å²) in [5.74, 6) is 0. The van der Waals surface area contributed by atoms with Crippen molar-refractivity contribution in [3.8, 4) is 0 Å². The van der Waals surface area contributed by atoms with Gasteiger partial charge in [-0.1, -0.05) is 52.9 Å². The predicted octanol–water partition coefficient (Wildman–Crippen LogP) is 3.45. The lowest BCUT2D eigenvalue weighted by Crippen LogP contribution is -2.27. The molecule has 0 heterocycles. The van der Waals surface area contributed by atoms with Gasteiger partial charge in [-0.05, 0) is 24.7 Å². The zero-order valence-electron chi connectivity index (χ0n) is 11.3. The fourth-order valence-corrected chi connectivity index (χ4v) is 3.14. The van der Waals surface area contributed by atoms with E-state index in [2.05, 4.69) is 20.8 Å². The van der Waals surface area contributed by atoms with Crippen molar-refractivity contribution in [2.75, 3.05) is 6.61 Å². The minimum absolute atomic E-state index is 0.516. The SMILES string of the molecule is CCCCC(CCC)(CCCC)CO[SiH3]. The summed E-state index contributed by atoms with van der Waals surface area (Å²) >= 11 is 0. The number of unbranched alkanes of at least 4 members (excludes halogenated alkanes) is 2. The van der Waals surface area contributed by atoms with Crippen molar-refractivity contribution in [1.82, 2.24) is 0 Å². The third-order valence-corrected chi connectivity index (χ3v) is 3.64. The van der Waals surface area contributed by atoms with Gasteiger partial charge in [-0.2, -0.15) is 0 Å². The Morgan fingerprint density at radius 1 is 0.867 bits per heavy atom. The molecule has 0 unspecified atom stereocenters. The normalized spacial score (nSPS) is 12.2. The average molecular weight is 230 g/mol. The summed E-state index contributed by atoms with van der Waals surface area (Å²) in [5, 5.41) is 0. The molecular formula is C13H30OSi. The first kappa shape index (κ1) is 15.2. The average Bonchev–Trinajstić information content (AvgIpc) is 2.24. The highest BCUT2D eigenvalue weighted by molar-refractivity contribution is 5.97. The summed E-state index contributed by atoms with van der Waals surface area (Å²) < 4.78 is 5.59. The van der Waals surface area contributed by atoms with Crippen molar-refractivity contribution in [2.45, 2.75) is 72.1 Å². The van der Waals surface area contributed by atoms with Crippen molar-refractivity contribution >= 4 is 10.5 Å². The summed E-state index contributed by atoms with van der Waals surface area (Å²) in [7, 11) is 0.894. The van der Waals surface area contributed by atoms with E-state index in [-0.39, 0.29) is 0 Å². The van der Waals surface area contributed by atoms with Gasteiger partial charge >= 0.3 is 0 Å². The molecule has 0 aliphatic rings. The van der Waals surface area contributed by atoms with Gasteiger partial charge in [-0.15, -0.1) is 0 Å². The quantitative estimate of drug-likeness (QED) is 0.522. The van der Waals surface area contributed by atoms with Crippen molar-refractivity contribution in [1.29, 1.82) is 0 Å². The van der Waals surface area contributed by atoms with Gasteiger partial charge < -0.3 is 4.43 Å². The first-order valence-electron chi connectivity index (χ1n) is 6.73. The van der Waals surface area contributed by atoms with Crippen LogP contribution < -0.4 is 0 Å². The highest BCUT2D eigenvalue weighted by Gasteiger charge is 2.27. The molecule has 0 radical (unpaired) electrons. The van der Waals surface area contributed by atoms with Crippen LogP contribution in [0.25, 0.3) is 0 Å². The second-order valence-corrected chi connectivity index (χ2v) is 5.47. The van der Waals surface area contributed by atoms with Gasteiger partial charge in [0.05, 0.1) is 0 Å². The Morgan fingerprint density at radius 3 is 1.73 bits per heavy atom. The lowest BCUT2D eigenvalue weighted by molar-refractivity contribution is 0.111. The molecule has 15 heavy (non-hydrogen) atoms. The van der Waals surface area contributed by atoms with E-state index in [0.29, 0.717) is 5.41 Å². The fraction of sp³-hybridized carbons (Fsp3) is 1.00. The Hall–Kier alpha value is 0.177. The van der Waals surface area contributed by atoms with Crippen LogP contribution in [0.5, 0.6) is 0 Å². The molecule has 0 aliphatic carbocycles. The highest BCUT2D eigenvalue weighted by atomic mass is 28.2. The summed E-state index contributed by atoms with van der Waals surface area (Å²) in [6.07, 6.45) is 10.8. The molecule has 92 valence electrons. The number of rotatable bonds is 10. The molecular weight excluding hydrogens is 200 g/mol. The second-order valence-electron chi connectivity index (χ2n) is 4.89. The summed E-state index contributed by atoms with van der Waals surface area (Å²) in [4.78, 5) is 0. The lowest BCUT2D eigenvalue weighted by atomic mass is 9.75. The summed E-state index contributed by atoms with van der Waals surface area (Å²) in [6, 6.07) is 0. The van der Waals surface area contributed by atoms with Gasteiger partial charge in [-0.3, -0.25) is 0 Å². The van der Waals surface area contributed by atoms with E-state index in [1.54, 1.807) is 0 Å². The maximum Gasteiger partial charge on any atom is 0.145 e. The van der Waals surface area contributed by atoms with Gasteiger partial charge in [0.25, 0.3) is 0 Å². The van der Waals surface area contributed by atoms with Crippen LogP contribution >= 0.6 is 0 Å². The van der Waals surface area contributed by atoms with Crippen LogP contribution in [-0.4, -0.2) is 17.1 Å². The molecule has 2 heteroatoms. The monoisotopic (exact) mass is 230 g/mol. The number of hydrogen-bond acceptors (Lipinski definition) is 1. The Kier molecular flexibility index (Phi) is 9.52. The maximum atomic E-state index is 5.59. The molecule has 0 aromatic carbocycles. The van der Waals surface area contributed by atoms with E-state index in [1.165, 1.54) is 51.4 Å². The fourth-order valence-electron chi connectivity index (χ4n) is 2.53.